The molecule has 0 aliphatic rings. The van der Waals surface area contributed by atoms with Gasteiger partial charge in [0.1, 0.15) is 0 Å². The molecule has 0 bridgehead atoms. The maximum Gasteiger partial charge on any atom is 0.383 e. The summed E-state index contributed by atoms with van der Waals surface area (Å²) in [5, 5.41) is 3.73. The number of rotatable bonds is 3. The highest BCUT2D eigenvalue weighted by molar-refractivity contribution is 4.88. The fourth-order valence-electron chi connectivity index (χ4n) is 0.627. The second-order valence-electron chi connectivity index (χ2n) is 2.08. The summed E-state index contributed by atoms with van der Waals surface area (Å²) in [6.45, 7) is 2.00. The van der Waals surface area contributed by atoms with Gasteiger partial charge in [0.2, 0.25) is 0 Å². The molecule has 0 radical (unpaired) electrons. The summed E-state index contributed by atoms with van der Waals surface area (Å²) in [5.41, 5.74) is 2.25. The number of nitrogens with zero attached hydrogens (tertiary/aromatic N) is 3. The van der Waals surface area contributed by atoms with Crippen LogP contribution >= 0.6 is 0 Å². The molecule has 0 saturated carbocycles. The number of hydrogen-bond donors (Lipinski definition) is 1. The Morgan fingerprint density at radius 1 is 1.67 bits per heavy atom. The molecule has 5 heteroatoms. The Morgan fingerprint density at radius 2 is 2.50 bits per heavy atom. The van der Waals surface area contributed by atoms with Crippen molar-refractivity contribution in [3.05, 3.63) is 35.2 Å². The first-order valence-corrected chi connectivity index (χ1v) is 3.66. The predicted molar refractivity (Wildman–Crippen MR) is 45.1 cm³/mol. The van der Waals surface area contributed by atoms with Crippen molar-refractivity contribution < 1.29 is 0 Å². The SMILES string of the molecule is CCC=CNn1nccnc1=O. The van der Waals surface area contributed by atoms with Crippen LogP contribution in [0.25, 0.3) is 0 Å². The van der Waals surface area contributed by atoms with E-state index in [2.05, 4.69) is 15.5 Å². The highest BCUT2D eigenvalue weighted by Crippen LogP contribution is 1.75. The Balaban J connectivity index is 2.70. The van der Waals surface area contributed by atoms with Gasteiger partial charge in [-0.2, -0.15) is 10.1 Å². The molecule has 0 aliphatic carbocycles. The van der Waals surface area contributed by atoms with E-state index in [1.807, 2.05) is 13.0 Å². The quantitative estimate of drug-likeness (QED) is 0.692. The molecule has 0 aromatic carbocycles. The minimum Gasteiger partial charge on any atom is -0.281 e. The second kappa shape index (κ2) is 4.27. The molecule has 0 fully saturated rings. The van der Waals surface area contributed by atoms with Gasteiger partial charge in [-0.05, 0) is 6.42 Å². The molecule has 12 heavy (non-hydrogen) atoms. The zero-order valence-corrected chi connectivity index (χ0v) is 6.77. The van der Waals surface area contributed by atoms with Gasteiger partial charge >= 0.3 is 5.69 Å². The van der Waals surface area contributed by atoms with Gasteiger partial charge in [-0.15, -0.1) is 4.79 Å². The topological polar surface area (TPSA) is 59.8 Å². The van der Waals surface area contributed by atoms with Crippen molar-refractivity contribution in [2.75, 3.05) is 5.43 Å². The summed E-state index contributed by atoms with van der Waals surface area (Å²) in [7, 11) is 0. The molecule has 0 spiro atoms. The van der Waals surface area contributed by atoms with Crippen molar-refractivity contribution in [1.82, 2.24) is 14.9 Å². The molecular weight excluding hydrogens is 156 g/mol. The highest BCUT2D eigenvalue weighted by atomic mass is 16.2. The molecule has 0 atom stereocenters. The molecule has 1 N–H and O–H groups in total. The summed E-state index contributed by atoms with van der Waals surface area (Å²) in [5.74, 6) is 0. The Hall–Kier alpha value is -1.65. The molecule has 1 rings (SSSR count). The van der Waals surface area contributed by atoms with Crippen LogP contribution in [0.15, 0.2) is 29.5 Å². The molecule has 0 saturated heterocycles. The predicted octanol–water partition coefficient (Wildman–Crippen LogP) is 0.105. The van der Waals surface area contributed by atoms with Crippen molar-refractivity contribution in [3.63, 3.8) is 0 Å². The number of aromatic nitrogens is 3. The first kappa shape index (κ1) is 8.45. The Labute approximate surface area is 69.7 Å². The van der Waals surface area contributed by atoms with Crippen LogP contribution < -0.4 is 11.1 Å². The maximum atomic E-state index is 10.9. The molecule has 64 valence electrons. The van der Waals surface area contributed by atoms with Crippen LogP contribution in [0.2, 0.25) is 0 Å². The molecule has 1 heterocycles. The molecule has 1 aromatic rings. The van der Waals surface area contributed by atoms with E-state index in [0.717, 1.165) is 11.2 Å². The van der Waals surface area contributed by atoms with E-state index in [0.29, 0.717) is 0 Å². The first-order valence-electron chi connectivity index (χ1n) is 3.66. The van der Waals surface area contributed by atoms with Crippen molar-refractivity contribution >= 4 is 0 Å². The van der Waals surface area contributed by atoms with E-state index in [1.54, 1.807) is 6.20 Å². The molecule has 5 nitrogen and oxygen atoms in total. The summed E-state index contributed by atoms with van der Waals surface area (Å²) < 4.78 is 0. The average molecular weight is 166 g/mol. The van der Waals surface area contributed by atoms with Gasteiger partial charge in [0.15, 0.2) is 0 Å². The van der Waals surface area contributed by atoms with Crippen molar-refractivity contribution in [2.24, 2.45) is 0 Å². The fraction of sp³-hybridized carbons (Fsp3) is 0.286. The Bertz CT molecular complexity index is 317. The van der Waals surface area contributed by atoms with Crippen molar-refractivity contribution in [1.29, 1.82) is 0 Å². The van der Waals surface area contributed by atoms with Gasteiger partial charge in [-0.25, -0.2) is 4.79 Å². The maximum absolute atomic E-state index is 10.9. The normalized spacial score (nSPS) is 10.4. The monoisotopic (exact) mass is 166 g/mol. The zero-order valence-electron chi connectivity index (χ0n) is 6.77. The number of nitrogens with one attached hydrogen (secondary N) is 1. The highest BCUT2D eigenvalue weighted by Gasteiger charge is 1.89. The Morgan fingerprint density at radius 3 is 3.17 bits per heavy atom. The lowest BCUT2D eigenvalue weighted by Gasteiger charge is -1.98. The molecular formula is C7H10N4O. The summed E-state index contributed by atoms with van der Waals surface area (Å²) in [6.07, 6.45) is 7.22. The van der Waals surface area contributed by atoms with Crippen LogP contribution in [0.5, 0.6) is 0 Å². The van der Waals surface area contributed by atoms with Crippen LogP contribution in [0.1, 0.15) is 13.3 Å². The first-order chi connectivity index (χ1) is 5.84. The van der Waals surface area contributed by atoms with E-state index in [4.69, 9.17) is 0 Å². The van der Waals surface area contributed by atoms with Crippen LogP contribution in [-0.4, -0.2) is 14.9 Å². The lowest BCUT2D eigenvalue weighted by atomic mass is 10.5. The van der Waals surface area contributed by atoms with E-state index in [1.165, 1.54) is 12.4 Å². The van der Waals surface area contributed by atoms with Crippen molar-refractivity contribution in [3.8, 4) is 0 Å². The van der Waals surface area contributed by atoms with Gasteiger partial charge in [0, 0.05) is 6.20 Å². The lowest BCUT2D eigenvalue weighted by molar-refractivity contribution is 0.700. The molecule has 1 aromatic heterocycles. The smallest absolute Gasteiger partial charge is 0.281 e. The molecule has 0 aliphatic heterocycles. The average Bonchev–Trinajstić information content (AvgIpc) is 2.09. The van der Waals surface area contributed by atoms with Gasteiger partial charge < -0.3 is 0 Å². The summed E-state index contributed by atoms with van der Waals surface area (Å²) in [4.78, 5) is 15.5. The van der Waals surface area contributed by atoms with E-state index in [9.17, 15) is 4.79 Å². The van der Waals surface area contributed by atoms with E-state index < -0.39 is 5.69 Å². The molecule has 0 amide bonds. The van der Waals surface area contributed by atoms with Crippen LogP contribution in [0.3, 0.4) is 0 Å². The third-order valence-corrected chi connectivity index (χ3v) is 1.17. The van der Waals surface area contributed by atoms with Gasteiger partial charge in [0.25, 0.3) is 0 Å². The Kier molecular flexibility index (Phi) is 3.01. The third-order valence-electron chi connectivity index (χ3n) is 1.17. The summed E-state index contributed by atoms with van der Waals surface area (Å²) in [6, 6.07) is 0. The molecule has 0 unspecified atom stereocenters. The lowest BCUT2D eigenvalue weighted by Crippen LogP contribution is -2.29. The van der Waals surface area contributed by atoms with Crippen LogP contribution in [0.4, 0.5) is 0 Å². The minimum absolute atomic E-state index is 0.418. The van der Waals surface area contributed by atoms with E-state index >= 15 is 0 Å². The van der Waals surface area contributed by atoms with Crippen LogP contribution in [-0.2, 0) is 0 Å². The van der Waals surface area contributed by atoms with Gasteiger partial charge in [-0.3, -0.25) is 5.43 Å². The van der Waals surface area contributed by atoms with Gasteiger partial charge in [-0.1, -0.05) is 13.0 Å². The summed E-state index contributed by atoms with van der Waals surface area (Å²) >= 11 is 0. The van der Waals surface area contributed by atoms with E-state index in [-0.39, 0.29) is 0 Å². The second-order valence-corrected chi connectivity index (χ2v) is 2.08. The number of hydrogen-bond acceptors (Lipinski definition) is 4. The zero-order chi connectivity index (χ0) is 8.81. The number of allylic oxidation sites excluding steroid dienone is 1. The van der Waals surface area contributed by atoms with Crippen molar-refractivity contribution in [2.45, 2.75) is 13.3 Å². The van der Waals surface area contributed by atoms with Crippen LogP contribution in [0, 0.1) is 0 Å². The minimum atomic E-state index is -0.418. The standard InChI is InChI=1S/C7H10N4O/c1-2-3-4-9-11-7(12)8-5-6-10-11/h3-6,9H,2H2,1H3. The fourth-order valence-corrected chi connectivity index (χ4v) is 0.627. The largest absolute Gasteiger partial charge is 0.383 e. The third kappa shape index (κ3) is 2.19. The van der Waals surface area contributed by atoms with Gasteiger partial charge in [0.05, 0.1) is 12.4 Å².